The highest BCUT2D eigenvalue weighted by Crippen LogP contribution is 2.31. The molecule has 3 amide bonds. The molecule has 24 heavy (non-hydrogen) atoms. The quantitative estimate of drug-likeness (QED) is 0.781. The molecule has 1 unspecified atom stereocenters. The molecular formula is C18H23N3O3. The Hall–Kier alpha value is -2.37. The van der Waals surface area contributed by atoms with Gasteiger partial charge in [0.15, 0.2) is 0 Å². The van der Waals surface area contributed by atoms with Gasteiger partial charge in [0.1, 0.15) is 5.54 Å². The average Bonchev–Trinajstić information content (AvgIpc) is 2.91. The number of amides is 3. The maximum Gasteiger partial charge on any atom is 0.252 e. The molecule has 1 aliphatic heterocycles. The summed E-state index contributed by atoms with van der Waals surface area (Å²) in [7, 11) is 1.60. The maximum atomic E-state index is 12.6. The van der Waals surface area contributed by atoms with Gasteiger partial charge in [-0.25, -0.2) is 0 Å². The topological polar surface area (TPSA) is 87.3 Å². The van der Waals surface area contributed by atoms with Crippen molar-refractivity contribution in [3.8, 4) is 0 Å². The van der Waals surface area contributed by atoms with Crippen LogP contribution in [0.5, 0.6) is 0 Å². The minimum atomic E-state index is -0.813. The molecule has 1 fully saturated rings. The number of rotatable bonds is 4. The van der Waals surface area contributed by atoms with Crippen molar-refractivity contribution < 1.29 is 14.4 Å². The molecule has 0 aromatic heterocycles. The Morgan fingerprint density at radius 2 is 1.92 bits per heavy atom. The van der Waals surface area contributed by atoms with E-state index in [0.717, 1.165) is 24.8 Å². The molecule has 0 bridgehead atoms. The van der Waals surface area contributed by atoms with Gasteiger partial charge in [0.2, 0.25) is 11.8 Å². The van der Waals surface area contributed by atoms with Gasteiger partial charge in [0.25, 0.3) is 5.91 Å². The lowest BCUT2D eigenvalue weighted by Crippen LogP contribution is -2.59. The first-order chi connectivity index (χ1) is 11.6. The Balaban J connectivity index is 1.71. The van der Waals surface area contributed by atoms with E-state index in [1.54, 1.807) is 13.1 Å². The third-order valence-corrected chi connectivity index (χ3v) is 5.02. The summed E-state index contributed by atoms with van der Waals surface area (Å²) < 4.78 is 0. The van der Waals surface area contributed by atoms with Crippen LogP contribution in [0, 0.1) is 0 Å². The van der Waals surface area contributed by atoms with Crippen LogP contribution in [0.1, 0.15) is 60.5 Å². The molecule has 1 saturated carbocycles. The summed E-state index contributed by atoms with van der Waals surface area (Å²) in [6.45, 7) is 0. The van der Waals surface area contributed by atoms with Crippen molar-refractivity contribution in [1.29, 1.82) is 0 Å². The Morgan fingerprint density at radius 1 is 1.21 bits per heavy atom. The molecule has 1 atom stereocenters. The zero-order valence-electron chi connectivity index (χ0n) is 13.9. The average molecular weight is 329 g/mol. The largest absolute Gasteiger partial charge is 0.357 e. The number of nitrogens with one attached hydrogen (secondary N) is 3. The number of hydrogen-bond acceptors (Lipinski definition) is 3. The zero-order chi connectivity index (χ0) is 17.2. The Bertz CT molecular complexity index is 665. The van der Waals surface area contributed by atoms with E-state index in [4.69, 9.17) is 0 Å². The second-order valence-electron chi connectivity index (χ2n) is 6.59. The zero-order valence-corrected chi connectivity index (χ0v) is 13.9. The summed E-state index contributed by atoms with van der Waals surface area (Å²) in [5, 5.41) is 8.47. The van der Waals surface area contributed by atoms with E-state index >= 15 is 0 Å². The summed E-state index contributed by atoms with van der Waals surface area (Å²) in [4.78, 5) is 36.8. The second kappa shape index (κ2) is 6.63. The van der Waals surface area contributed by atoms with E-state index < -0.39 is 5.54 Å². The van der Waals surface area contributed by atoms with Gasteiger partial charge >= 0.3 is 0 Å². The first kappa shape index (κ1) is 16.5. The van der Waals surface area contributed by atoms with Crippen LogP contribution in [-0.4, -0.2) is 30.3 Å². The highest BCUT2D eigenvalue weighted by atomic mass is 16.2. The summed E-state index contributed by atoms with van der Waals surface area (Å²) in [6.07, 6.45) is 4.40. The van der Waals surface area contributed by atoms with Crippen LogP contribution in [-0.2, 0) is 9.59 Å². The molecule has 1 heterocycles. The van der Waals surface area contributed by atoms with Crippen molar-refractivity contribution in [1.82, 2.24) is 16.0 Å². The molecular weight excluding hydrogens is 306 g/mol. The summed E-state index contributed by atoms with van der Waals surface area (Å²) in [6, 6.07) is 6.95. The van der Waals surface area contributed by atoms with Crippen LogP contribution < -0.4 is 16.0 Å². The SMILES string of the molecule is CNC(=O)C1(NC(=O)CC2NC(=O)c3ccccc32)CCCCC1. The first-order valence-electron chi connectivity index (χ1n) is 8.49. The number of carbonyl (C=O) groups excluding carboxylic acids is 3. The fourth-order valence-electron chi connectivity index (χ4n) is 3.79. The minimum absolute atomic E-state index is 0.133. The second-order valence-corrected chi connectivity index (χ2v) is 6.59. The third-order valence-electron chi connectivity index (χ3n) is 5.02. The normalized spacial score (nSPS) is 21.5. The summed E-state index contributed by atoms with van der Waals surface area (Å²) in [5.74, 6) is -0.490. The van der Waals surface area contributed by atoms with E-state index in [0.29, 0.717) is 18.4 Å². The molecule has 3 rings (SSSR count). The standard InChI is InChI=1S/C18H23N3O3/c1-19-17(24)18(9-5-2-6-10-18)21-15(22)11-14-12-7-3-4-8-13(12)16(23)20-14/h3-4,7-8,14H,2,5-6,9-11H2,1H3,(H,19,24)(H,20,23)(H,21,22). The van der Waals surface area contributed by atoms with Gasteiger partial charge in [-0.2, -0.15) is 0 Å². The van der Waals surface area contributed by atoms with E-state index in [-0.39, 0.29) is 30.2 Å². The molecule has 2 aliphatic rings. The lowest BCUT2D eigenvalue weighted by atomic mass is 9.80. The number of hydrogen-bond donors (Lipinski definition) is 3. The van der Waals surface area contributed by atoms with Crippen LogP contribution in [0.25, 0.3) is 0 Å². The van der Waals surface area contributed by atoms with Crippen molar-refractivity contribution in [2.45, 2.75) is 50.1 Å². The summed E-state index contributed by atoms with van der Waals surface area (Å²) in [5.41, 5.74) is 0.649. The monoisotopic (exact) mass is 329 g/mol. The van der Waals surface area contributed by atoms with E-state index in [9.17, 15) is 14.4 Å². The Kier molecular flexibility index (Phi) is 4.55. The van der Waals surface area contributed by atoms with Gasteiger partial charge in [0, 0.05) is 12.6 Å². The predicted molar refractivity (Wildman–Crippen MR) is 89.3 cm³/mol. The van der Waals surface area contributed by atoms with Gasteiger partial charge in [0.05, 0.1) is 12.5 Å². The molecule has 1 aromatic carbocycles. The predicted octanol–water partition coefficient (Wildman–Crippen LogP) is 1.43. The van der Waals surface area contributed by atoms with Gasteiger partial charge in [-0.1, -0.05) is 37.5 Å². The molecule has 0 radical (unpaired) electrons. The molecule has 6 heteroatoms. The van der Waals surface area contributed by atoms with Crippen LogP contribution in [0.15, 0.2) is 24.3 Å². The molecule has 128 valence electrons. The maximum absolute atomic E-state index is 12.6. The number of likely N-dealkylation sites (N-methyl/N-ethyl adjacent to an activating group) is 1. The van der Waals surface area contributed by atoms with Gasteiger partial charge < -0.3 is 16.0 Å². The highest BCUT2D eigenvalue weighted by molar-refractivity contribution is 6.00. The van der Waals surface area contributed by atoms with Gasteiger partial charge in [-0.15, -0.1) is 0 Å². The number of benzene rings is 1. The van der Waals surface area contributed by atoms with Gasteiger partial charge in [-0.3, -0.25) is 14.4 Å². The van der Waals surface area contributed by atoms with Crippen molar-refractivity contribution in [3.05, 3.63) is 35.4 Å². The van der Waals surface area contributed by atoms with E-state index in [2.05, 4.69) is 16.0 Å². The highest BCUT2D eigenvalue weighted by Gasteiger charge is 2.41. The Labute approximate surface area is 141 Å². The molecule has 1 aromatic rings. The fraction of sp³-hybridized carbons (Fsp3) is 0.500. The van der Waals surface area contributed by atoms with Crippen LogP contribution in [0.4, 0.5) is 0 Å². The van der Waals surface area contributed by atoms with Crippen molar-refractivity contribution in [3.63, 3.8) is 0 Å². The smallest absolute Gasteiger partial charge is 0.252 e. The summed E-state index contributed by atoms with van der Waals surface area (Å²) >= 11 is 0. The van der Waals surface area contributed by atoms with Gasteiger partial charge in [-0.05, 0) is 24.5 Å². The molecule has 0 spiro atoms. The fourth-order valence-corrected chi connectivity index (χ4v) is 3.79. The van der Waals surface area contributed by atoms with Crippen molar-refractivity contribution in [2.75, 3.05) is 7.05 Å². The number of carbonyl (C=O) groups is 3. The Morgan fingerprint density at radius 3 is 2.62 bits per heavy atom. The van der Waals surface area contributed by atoms with E-state index in [1.807, 2.05) is 18.2 Å². The third kappa shape index (κ3) is 3.00. The first-order valence-corrected chi connectivity index (χ1v) is 8.49. The van der Waals surface area contributed by atoms with Crippen LogP contribution in [0.2, 0.25) is 0 Å². The van der Waals surface area contributed by atoms with Crippen LogP contribution in [0.3, 0.4) is 0 Å². The van der Waals surface area contributed by atoms with Crippen molar-refractivity contribution in [2.24, 2.45) is 0 Å². The molecule has 6 nitrogen and oxygen atoms in total. The van der Waals surface area contributed by atoms with Crippen LogP contribution >= 0.6 is 0 Å². The minimum Gasteiger partial charge on any atom is -0.357 e. The number of fused-ring (bicyclic) bond motifs is 1. The lowest BCUT2D eigenvalue weighted by molar-refractivity contribution is -0.135. The molecule has 0 saturated heterocycles. The van der Waals surface area contributed by atoms with E-state index in [1.165, 1.54) is 0 Å². The van der Waals surface area contributed by atoms with Crippen molar-refractivity contribution >= 4 is 17.7 Å². The molecule has 3 N–H and O–H groups in total. The lowest BCUT2D eigenvalue weighted by Gasteiger charge is -2.36. The molecule has 1 aliphatic carbocycles.